The first kappa shape index (κ1) is 30.0. The van der Waals surface area contributed by atoms with Crippen LogP contribution in [0.5, 0.6) is 0 Å². The van der Waals surface area contributed by atoms with E-state index in [0.717, 1.165) is 22.7 Å². The second kappa shape index (κ2) is 12.5. The van der Waals surface area contributed by atoms with Crippen molar-refractivity contribution in [1.82, 2.24) is 4.57 Å². The Morgan fingerprint density at radius 1 is 0.288 bits per heavy atom. The second-order valence-electron chi connectivity index (χ2n) is 13.4. The maximum atomic E-state index is 2.40. The molecular formula is C50H34N2. The fourth-order valence-corrected chi connectivity index (χ4v) is 7.76. The zero-order valence-electron chi connectivity index (χ0n) is 28.5. The van der Waals surface area contributed by atoms with Gasteiger partial charge in [0.2, 0.25) is 0 Å². The van der Waals surface area contributed by atoms with Gasteiger partial charge in [0.05, 0.1) is 11.0 Å². The van der Waals surface area contributed by atoms with Crippen molar-refractivity contribution in [2.75, 3.05) is 4.90 Å². The molecule has 0 aliphatic carbocycles. The normalized spacial score (nSPS) is 11.5. The number of hydrogen-bond acceptors (Lipinski definition) is 1. The summed E-state index contributed by atoms with van der Waals surface area (Å²) < 4.78 is 2.40. The first-order valence-corrected chi connectivity index (χ1v) is 17.8. The van der Waals surface area contributed by atoms with Crippen molar-refractivity contribution in [3.63, 3.8) is 0 Å². The highest BCUT2D eigenvalue weighted by atomic mass is 15.1. The van der Waals surface area contributed by atoms with Gasteiger partial charge in [-0.1, -0.05) is 133 Å². The topological polar surface area (TPSA) is 8.17 Å². The second-order valence-corrected chi connectivity index (χ2v) is 13.4. The molecule has 0 aliphatic heterocycles. The van der Waals surface area contributed by atoms with Crippen molar-refractivity contribution >= 4 is 60.4 Å². The van der Waals surface area contributed by atoms with Crippen molar-refractivity contribution in [3.05, 3.63) is 206 Å². The summed E-state index contributed by atoms with van der Waals surface area (Å²) in [4.78, 5) is 2.34. The minimum absolute atomic E-state index is 1.11. The van der Waals surface area contributed by atoms with E-state index in [0.29, 0.717) is 0 Å². The van der Waals surface area contributed by atoms with Crippen LogP contribution in [0.3, 0.4) is 0 Å². The minimum atomic E-state index is 1.11. The van der Waals surface area contributed by atoms with Crippen molar-refractivity contribution in [3.8, 4) is 27.9 Å². The number of aromatic nitrogens is 1. The van der Waals surface area contributed by atoms with Crippen molar-refractivity contribution in [2.45, 2.75) is 0 Å². The van der Waals surface area contributed by atoms with E-state index in [1.54, 1.807) is 0 Å². The van der Waals surface area contributed by atoms with Crippen LogP contribution in [-0.4, -0.2) is 4.57 Å². The van der Waals surface area contributed by atoms with Gasteiger partial charge in [-0.2, -0.15) is 0 Å². The van der Waals surface area contributed by atoms with Gasteiger partial charge in [-0.05, 0) is 117 Å². The molecule has 2 heteroatoms. The van der Waals surface area contributed by atoms with Crippen LogP contribution in [0, 0.1) is 0 Å². The van der Waals surface area contributed by atoms with E-state index in [1.165, 1.54) is 65.6 Å². The van der Waals surface area contributed by atoms with Crippen LogP contribution >= 0.6 is 0 Å². The van der Waals surface area contributed by atoms with Gasteiger partial charge in [0, 0.05) is 33.5 Å². The summed E-state index contributed by atoms with van der Waals surface area (Å²) in [5, 5.41) is 7.57. The molecule has 0 saturated carbocycles. The molecule has 0 spiro atoms. The minimum Gasteiger partial charge on any atom is -0.310 e. The predicted octanol–water partition coefficient (Wildman–Crippen LogP) is 13.9. The van der Waals surface area contributed by atoms with Gasteiger partial charge in [-0.25, -0.2) is 0 Å². The Bertz CT molecular complexity index is 2880. The molecule has 1 heterocycles. The molecule has 0 atom stereocenters. The largest absolute Gasteiger partial charge is 0.310 e. The van der Waals surface area contributed by atoms with E-state index in [9.17, 15) is 0 Å². The zero-order valence-corrected chi connectivity index (χ0v) is 28.5. The lowest BCUT2D eigenvalue weighted by molar-refractivity contribution is 1.18. The fourth-order valence-electron chi connectivity index (χ4n) is 7.76. The van der Waals surface area contributed by atoms with Crippen LogP contribution in [0.1, 0.15) is 0 Å². The molecule has 52 heavy (non-hydrogen) atoms. The third-order valence-electron chi connectivity index (χ3n) is 10.3. The molecule has 0 N–H and O–H groups in total. The summed E-state index contributed by atoms with van der Waals surface area (Å²) in [6.45, 7) is 0. The van der Waals surface area contributed by atoms with Gasteiger partial charge in [0.25, 0.3) is 0 Å². The van der Waals surface area contributed by atoms with Crippen molar-refractivity contribution < 1.29 is 0 Å². The highest BCUT2D eigenvalue weighted by Crippen LogP contribution is 2.39. The number of anilines is 3. The van der Waals surface area contributed by atoms with Crippen LogP contribution in [0.2, 0.25) is 0 Å². The quantitative estimate of drug-likeness (QED) is 0.172. The lowest BCUT2D eigenvalue weighted by Crippen LogP contribution is -2.09. The van der Waals surface area contributed by atoms with E-state index in [-0.39, 0.29) is 0 Å². The van der Waals surface area contributed by atoms with E-state index in [1.807, 2.05) is 0 Å². The number of benzene rings is 9. The zero-order chi connectivity index (χ0) is 34.4. The fraction of sp³-hybridized carbons (Fsp3) is 0. The van der Waals surface area contributed by atoms with E-state index >= 15 is 0 Å². The van der Waals surface area contributed by atoms with Gasteiger partial charge in [-0.3, -0.25) is 0 Å². The number of nitrogens with zero attached hydrogens (tertiary/aromatic N) is 2. The summed E-state index contributed by atoms with van der Waals surface area (Å²) >= 11 is 0. The SMILES string of the molecule is c1ccc(N(c2ccc(-c3ccc4ccccc4c3)cc2)c2cccc(-c3ccc(-n4c5ccccc5c5cc6ccccc6cc54)cc3)c2)cc1. The summed E-state index contributed by atoms with van der Waals surface area (Å²) in [6.07, 6.45) is 0. The molecule has 244 valence electrons. The molecule has 0 amide bonds. The molecule has 1 aromatic heterocycles. The van der Waals surface area contributed by atoms with Crippen LogP contribution < -0.4 is 4.90 Å². The molecule has 10 rings (SSSR count). The Kier molecular flexibility index (Phi) is 7.18. The lowest BCUT2D eigenvalue weighted by Gasteiger charge is -2.26. The Morgan fingerprint density at radius 3 is 1.62 bits per heavy atom. The average Bonchev–Trinajstić information content (AvgIpc) is 3.54. The van der Waals surface area contributed by atoms with E-state index in [4.69, 9.17) is 0 Å². The number of hydrogen-bond donors (Lipinski definition) is 0. The lowest BCUT2D eigenvalue weighted by atomic mass is 10.0. The molecular weight excluding hydrogens is 629 g/mol. The van der Waals surface area contributed by atoms with Crippen LogP contribution in [0.4, 0.5) is 17.1 Å². The summed E-state index contributed by atoms with van der Waals surface area (Å²) in [5.74, 6) is 0. The Labute approximate surface area is 303 Å². The average molecular weight is 663 g/mol. The first-order valence-electron chi connectivity index (χ1n) is 17.8. The molecule has 2 nitrogen and oxygen atoms in total. The monoisotopic (exact) mass is 662 g/mol. The van der Waals surface area contributed by atoms with Crippen LogP contribution in [0.15, 0.2) is 206 Å². The molecule has 9 aromatic carbocycles. The Balaban J connectivity index is 1.02. The third kappa shape index (κ3) is 5.21. The summed E-state index contributed by atoms with van der Waals surface area (Å²) in [7, 11) is 0. The van der Waals surface area contributed by atoms with Gasteiger partial charge >= 0.3 is 0 Å². The molecule has 0 unspecified atom stereocenters. The van der Waals surface area contributed by atoms with Crippen LogP contribution in [0.25, 0.3) is 71.3 Å². The highest BCUT2D eigenvalue weighted by Gasteiger charge is 2.16. The predicted molar refractivity (Wildman–Crippen MR) is 221 cm³/mol. The molecule has 0 bridgehead atoms. The van der Waals surface area contributed by atoms with Gasteiger partial charge in [0.15, 0.2) is 0 Å². The van der Waals surface area contributed by atoms with Gasteiger partial charge < -0.3 is 9.47 Å². The summed E-state index contributed by atoms with van der Waals surface area (Å²) in [5.41, 5.74) is 11.7. The smallest absolute Gasteiger partial charge is 0.0547 e. The van der Waals surface area contributed by atoms with Crippen molar-refractivity contribution in [2.24, 2.45) is 0 Å². The highest BCUT2D eigenvalue weighted by molar-refractivity contribution is 6.13. The Morgan fingerprint density at radius 2 is 0.846 bits per heavy atom. The summed E-state index contributed by atoms with van der Waals surface area (Å²) in [6, 6.07) is 74.7. The van der Waals surface area contributed by atoms with Crippen LogP contribution in [-0.2, 0) is 0 Å². The molecule has 0 aliphatic rings. The maximum Gasteiger partial charge on any atom is 0.0547 e. The van der Waals surface area contributed by atoms with Gasteiger partial charge in [-0.15, -0.1) is 0 Å². The number of rotatable bonds is 6. The van der Waals surface area contributed by atoms with E-state index < -0.39 is 0 Å². The Hall–Kier alpha value is -6.90. The molecule has 10 aromatic rings. The number of fused-ring (bicyclic) bond motifs is 5. The molecule has 0 saturated heterocycles. The maximum absolute atomic E-state index is 2.40. The molecule has 0 radical (unpaired) electrons. The van der Waals surface area contributed by atoms with E-state index in [2.05, 4.69) is 216 Å². The van der Waals surface area contributed by atoms with Crippen molar-refractivity contribution in [1.29, 1.82) is 0 Å². The van der Waals surface area contributed by atoms with Gasteiger partial charge in [0.1, 0.15) is 0 Å². The molecule has 0 fully saturated rings. The third-order valence-corrected chi connectivity index (χ3v) is 10.3. The number of para-hydroxylation sites is 2. The first-order chi connectivity index (χ1) is 25.8. The standard InChI is InChI=1S/C50H34N2/c1-2-16-43(17-3-1)51(44-27-23-37(24-28-44)42-22-21-35-11-4-5-12-38(35)31-42)46-18-10-15-39(32-46)36-25-29-45(30-26-36)52-49-20-9-8-19-47(49)48-33-40-13-6-7-14-41(40)34-50(48)52/h1-34H.